The van der Waals surface area contributed by atoms with Gasteiger partial charge in [0.15, 0.2) is 5.16 Å². The zero-order valence-electron chi connectivity index (χ0n) is 13.1. The van der Waals surface area contributed by atoms with Crippen molar-refractivity contribution in [1.82, 2.24) is 9.97 Å². The second-order valence-corrected chi connectivity index (χ2v) is 5.90. The summed E-state index contributed by atoms with van der Waals surface area (Å²) in [6, 6.07) is 4.95. The van der Waals surface area contributed by atoms with Crippen LogP contribution in [0.2, 0.25) is 5.02 Å². The number of aromatic nitrogens is 2. The van der Waals surface area contributed by atoms with Gasteiger partial charge in [-0.2, -0.15) is 0 Å². The molecule has 1 amide bonds. The zero-order chi connectivity index (χ0) is 17.5. The van der Waals surface area contributed by atoms with Crippen molar-refractivity contribution in [3.8, 4) is 5.75 Å². The molecular formula is C15H16ClN3O4S. The van der Waals surface area contributed by atoms with E-state index >= 15 is 0 Å². The zero-order valence-corrected chi connectivity index (χ0v) is 14.7. The van der Waals surface area contributed by atoms with Gasteiger partial charge in [-0.25, -0.2) is 9.78 Å². The van der Waals surface area contributed by atoms with Crippen molar-refractivity contribution in [3.05, 3.63) is 35.1 Å². The number of amides is 1. The van der Waals surface area contributed by atoms with Crippen LogP contribution in [0, 0.1) is 0 Å². The molecule has 0 aliphatic heterocycles. The molecule has 2 aromatic rings. The van der Waals surface area contributed by atoms with Crippen LogP contribution in [0.1, 0.15) is 17.4 Å². The number of hydrogen-bond acceptors (Lipinski definition) is 6. The van der Waals surface area contributed by atoms with Crippen molar-refractivity contribution >= 4 is 40.9 Å². The number of rotatable bonds is 7. The molecule has 0 unspecified atom stereocenters. The fourth-order valence-corrected chi connectivity index (χ4v) is 2.61. The molecule has 0 saturated carbocycles. The van der Waals surface area contributed by atoms with Crippen molar-refractivity contribution in [2.75, 3.05) is 24.8 Å². The standard InChI is InChI=1S/C15H16ClN3O4S/c1-3-23-14(21)11-7-17-15(19-11)24-8-13(20)18-10-6-9(16)4-5-12(10)22-2/h4-7H,3,8H2,1-2H3,(H,17,19)(H,18,20). The van der Waals surface area contributed by atoms with Crippen molar-refractivity contribution < 1.29 is 19.1 Å². The predicted molar refractivity (Wildman–Crippen MR) is 91.9 cm³/mol. The topological polar surface area (TPSA) is 93.3 Å². The lowest BCUT2D eigenvalue weighted by molar-refractivity contribution is -0.113. The summed E-state index contributed by atoms with van der Waals surface area (Å²) in [5, 5.41) is 3.66. The molecule has 24 heavy (non-hydrogen) atoms. The highest BCUT2D eigenvalue weighted by Gasteiger charge is 2.13. The first-order chi connectivity index (χ1) is 11.5. The fraction of sp³-hybridized carbons (Fsp3) is 0.267. The Bertz CT molecular complexity index is 735. The maximum Gasteiger partial charge on any atom is 0.356 e. The van der Waals surface area contributed by atoms with Crippen LogP contribution in [-0.4, -0.2) is 41.3 Å². The fourth-order valence-electron chi connectivity index (χ4n) is 1.79. The molecule has 1 aromatic carbocycles. The smallest absolute Gasteiger partial charge is 0.356 e. The Morgan fingerprint density at radius 2 is 2.21 bits per heavy atom. The first-order valence-electron chi connectivity index (χ1n) is 7.01. The lowest BCUT2D eigenvalue weighted by Gasteiger charge is -2.10. The predicted octanol–water partition coefficient (Wildman–Crippen LogP) is 2.98. The maximum absolute atomic E-state index is 12.0. The first-order valence-corrected chi connectivity index (χ1v) is 8.38. The first kappa shape index (κ1) is 18.2. The molecule has 0 atom stereocenters. The number of esters is 1. The number of thioether (sulfide) groups is 1. The minimum Gasteiger partial charge on any atom is -0.495 e. The van der Waals surface area contributed by atoms with E-state index in [1.165, 1.54) is 13.3 Å². The van der Waals surface area contributed by atoms with Crippen LogP contribution < -0.4 is 10.1 Å². The van der Waals surface area contributed by atoms with E-state index in [0.29, 0.717) is 21.6 Å². The highest BCUT2D eigenvalue weighted by atomic mass is 35.5. The second-order valence-electron chi connectivity index (χ2n) is 4.50. The van der Waals surface area contributed by atoms with Crippen LogP contribution in [0.5, 0.6) is 5.75 Å². The number of anilines is 1. The number of benzene rings is 1. The van der Waals surface area contributed by atoms with Gasteiger partial charge in [0, 0.05) is 5.02 Å². The quantitative estimate of drug-likeness (QED) is 0.575. The van der Waals surface area contributed by atoms with Crippen molar-refractivity contribution in [3.63, 3.8) is 0 Å². The summed E-state index contributed by atoms with van der Waals surface area (Å²) < 4.78 is 10.0. The third-order valence-corrected chi connectivity index (χ3v) is 3.95. The third kappa shape index (κ3) is 4.90. The molecular weight excluding hydrogens is 354 g/mol. The van der Waals surface area contributed by atoms with Gasteiger partial charge in [-0.1, -0.05) is 23.4 Å². The molecule has 0 fully saturated rings. The molecule has 0 spiro atoms. The second kappa shape index (κ2) is 8.60. The molecule has 2 rings (SSSR count). The van der Waals surface area contributed by atoms with Crippen molar-refractivity contribution in [2.24, 2.45) is 0 Å². The van der Waals surface area contributed by atoms with E-state index in [4.69, 9.17) is 21.1 Å². The van der Waals surface area contributed by atoms with Gasteiger partial charge in [0.25, 0.3) is 0 Å². The number of hydrogen-bond donors (Lipinski definition) is 2. The summed E-state index contributed by atoms with van der Waals surface area (Å²) in [6.45, 7) is 2.00. The van der Waals surface area contributed by atoms with E-state index in [1.807, 2.05) is 0 Å². The highest BCUT2D eigenvalue weighted by molar-refractivity contribution is 7.99. The average molecular weight is 370 g/mol. The van der Waals surface area contributed by atoms with Gasteiger partial charge in [-0.15, -0.1) is 0 Å². The molecule has 0 bridgehead atoms. The monoisotopic (exact) mass is 369 g/mol. The molecule has 0 aliphatic rings. The number of methoxy groups -OCH3 is 1. The van der Waals surface area contributed by atoms with Gasteiger partial charge in [0.1, 0.15) is 11.4 Å². The van der Waals surface area contributed by atoms with Crippen LogP contribution in [-0.2, 0) is 9.53 Å². The molecule has 0 radical (unpaired) electrons. The minimum absolute atomic E-state index is 0.103. The van der Waals surface area contributed by atoms with Gasteiger partial charge < -0.3 is 19.8 Å². The Labute approximate surface area is 148 Å². The molecule has 1 aromatic heterocycles. The van der Waals surface area contributed by atoms with Gasteiger partial charge in [0.2, 0.25) is 5.91 Å². The number of halogens is 1. The summed E-state index contributed by atoms with van der Waals surface area (Å²) in [5.41, 5.74) is 0.735. The summed E-state index contributed by atoms with van der Waals surface area (Å²) >= 11 is 7.08. The lowest BCUT2D eigenvalue weighted by atomic mass is 10.3. The van der Waals surface area contributed by atoms with Crippen LogP contribution in [0.25, 0.3) is 0 Å². The highest BCUT2D eigenvalue weighted by Crippen LogP contribution is 2.28. The van der Waals surface area contributed by atoms with Crippen LogP contribution in [0.3, 0.4) is 0 Å². The van der Waals surface area contributed by atoms with Gasteiger partial charge in [-0.3, -0.25) is 4.79 Å². The Hall–Kier alpha value is -2.19. The van der Waals surface area contributed by atoms with Gasteiger partial charge in [-0.05, 0) is 25.1 Å². The van der Waals surface area contributed by atoms with E-state index in [9.17, 15) is 9.59 Å². The summed E-state index contributed by atoms with van der Waals surface area (Å²) in [4.78, 5) is 30.4. The molecule has 128 valence electrons. The van der Waals surface area contributed by atoms with Crippen molar-refractivity contribution in [2.45, 2.75) is 12.1 Å². The molecule has 2 N–H and O–H groups in total. The Morgan fingerprint density at radius 3 is 2.92 bits per heavy atom. The van der Waals surface area contributed by atoms with Crippen LogP contribution in [0.15, 0.2) is 29.6 Å². The van der Waals surface area contributed by atoms with Gasteiger partial charge >= 0.3 is 5.97 Å². The number of ether oxygens (including phenoxy) is 2. The summed E-state index contributed by atoms with van der Waals surface area (Å²) in [7, 11) is 1.51. The normalized spacial score (nSPS) is 10.3. The molecule has 0 aliphatic carbocycles. The minimum atomic E-state index is -0.482. The van der Waals surface area contributed by atoms with E-state index in [1.54, 1.807) is 25.1 Å². The molecule has 0 saturated heterocycles. The number of nitrogens with zero attached hydrogens (tertiary/aromatic N) is 1. The number of nitrogens with one attached hydrogen (secondary N) is 2. The Balaban J connectivity index is 1.92. The third-order valence-electron chi connectivity index (χ3n) is 2.82. The number of aromatic amines is 1. The lowest BCUT2D eigenvalue weighted by Crippen LogP contribution is -2.14. The Kier molecular flexibility index (Phi) is 6.51. The maximum atomic E-state index is 12.0. The van der Waals surface area contributed by atoms with E-state index < -0.39 is 5.97 Å². The Morgan fingerprint density at radius 1 is 1.42 bits per heavy atom. The largest absolute Gasteiger partial charge is 0.495 e. The summed E-state index contributed by atoms with van der Waals surface area (Å²) in [6.07, 6.45) is 1.37. The summed E-state index contributed by atoms with van der Waals surface area (Å²) in [5.74, 6) is -0.120. The molecule has 7 nitrogen and oxygen atoms in total. The van der Waals surface area contributed by atoms with E-state index in [2.05, 4.69) is 15.3 Å². The average Bonchev–Trinajstić information content (AvgIpc) is 3.02. The number of carbonyl (C=O) groups is 2. The van der Waals surface area contributed by atoms with Crippen LogP contribution >= 0.6 is 23.4 Å². The van der Waals surface area contributed by atoms with Gasteiger partial charge in [0.05, 0.1) is 31.4 Å². The molecule has 1 heterocycles. The van der Waals surface area contributed by atoms with Crippen LogP contribution in [0.4, 0.5) is 5.69 Å². The number of H-pyrrole nitrogens is 1. The van der Waals surface area contributed by atoms with E-state index in [0.717, 1.165) is 11.8 Å². The van der Waals surface area contributed by atoms with Crippen molar-refractivity contribution in [1.29, 1.82) is 0 Å². The number of imidazole rings is 1. The number of carbonyl (C=O) groups excluding carboxylic acids is 2. The van der Waals surface area contributed by atoms with E-state index in [-0.39, 0.29) is 24.0 Å². The SMILES string of the molecule is CCOC(=O)c1cnc(SCC(=O)Nc2cc(Cl)ccc2OC)[nH]1. The molecule has 9 heteroatoms.